The molecule has 0 saturated heterocycles. The fourth-order valence-corrected chi connectivity index (χ4v) is 2.66. The van der Waals surface area contributed by atoms with Crippen molar-refractivity contribution in [1.29, 1.82) is 0 Å². The van der Waals surface area contributed by atoms with E-state index in [1.165, 1.54) is 6.08 Å². The van der Waals surface area contributed by atoms with Crippen LogP contribution in [0.15, 0.2) is 18.2 Å². The number of hydrogen-bond acceptors (Lipinski definition) is 3. The molecule has 0 spiro atoms. The highest BCUT2D eigenvalue weighted by atomic mass is 16.5. The third-order valence-corrected chi connectivity index (χ3v) is 3.40. The van der Waals surface area contributed by atoms with E-state index >= 15 is 0 Å². The summed E-state index contributed by atoms with van der Waals surface area (Å²) in [5.74, 6) is -0.0570. The highest BCUT2D eigenvalue weighted by Gasteiger charge is 2.29. The van der Waals surface area contributed by atoms with E-state index < -0.39 is 0 Å². The SMILES string of the molecule is CCOC(=O)C=Cc1ccc(O)c(C(C)(C)C)c1C(C)(C)C. The zero-order valence-corrected chi connectivity index (χ0v) is 14.8. The minimum atomic E-state index is -0.354. The average Bonchev–Trinajstić information content (AvgIpc) is 2.34. The van der Waals surface area contributed by atoms with Crippen LogP contribution in [-0.4, -0.2) is 17.7 Å². The Kier molecular flexibility index (Phi) is 5.44. The maximum absolute atomic E-state index is 11.6. The van der Waals surface area contributed by atoms with Crippen molar-refractivity contribution in [1.82, 2.24) is 0 Å². The van der Waals surface area contributed by atoms with E-state index in [1.807, 2.05) is 6.07 Å². The first kappa shape index (κ1) is 18.3. The van der Waals surface area contributed by atoms with E-state index in [4.69, 9.17) is 4.74 Å². The molecule has 0 aromatic heterocycles. The van der Waals surface area contributed by atoms with Gasteiger partial charge in [-0.1, -0.05) is 47.6 Å². The zero-order valence-electron chi connectivity index (χ0n) is 14.8. The predicted octanol–water partition coefficient (Wildman–Crippen LogP) is 4.56. The number of rotatable bonds is 3. The van der Waals surface area contributed by atoms with E-state index in [1.54, 1.807) is 19.1 Å². The van der Waals surface area contributed by atoms with Crippen molar-refractivity contribution in [3.8, 4) is 5.75 Å². The molecule has 0 unspecified atom stereocenters. The molecule has 22 heavy (non-hydrogen) atoms. The van der Waals surface area contributed by atoms with Crippen LogP contribution in [0.4, 0.5) is 0 Å². The van der Waals surface area contributed by atoms with Gasteiger partial charge in [0, 0.05) is 11.6 Å². The summed E-state index contributed by atoms with van der Waals surface area (Å²) in [5.41, 5.74) is 2.56. The van der Waals surface area contributed by atoms with Crippen molar-refractivity contribution >= 4 is 12.0 Å². The second-order valence-electron chi connectivity index (χ2n) is 7.51. The van der Waals surface area contributed by atoms with E-state index in [0.29, 0.717) is 12.4 Å². The lowest BCUT2D eigenvalue weighted by Crippen LogP contribution is -2.23. The highest BCUT2D eigenvalue weighted by Crippen LogP contribution is 2.41. The first-order valence-corrected chi connectivity index (χ1v) is 7.70. The summed E-state index contributed by atoms with van der Waals surface area (Å²) >= 11 is 0. The summed E-state index contributed by atoms with van der Waals surface area (Å²) in [6.07, 6.45) is 3.21. The van der Waals surface area contributed by atoms with Gasteiger partial charge < -0.3 is 9.84 Å². The lowest BCUT2D eigenvalue weighted by atomic mass is 9.72. The average molecular weight is 304 g/mol. The van der Waals surface area contributed by atoms with Crippen LogP contribution in [0.3, 0.4) is 0 Å². The van der Waals surface area contributed by atoms with Gasteiger partial charge in [0.1, 0.15) is 5.75 Å². The number of phenols is 1. The second kappa shape index (κ2) is 6.55. The Bertz CT molecular complexity index is 570. The molecule has 0 heterocycles. The quantitative estimate of drug-likeness (QED) is 0.657. The second-order valence-corrected chi connectivity index (χ2v) is 7.51. The third kappa shape index (κ3) is 4.36. The van der Waals surface area contributed by atoms with Crippen LogP contribution in [-0.2, 0) is 20.4 Å². The summed E-state index contributed by atoms with van der Waals surface area (Å²) < 4.78 is 4.94. The molecule has 0 aliphatic heterocycles. The number of carbonyl (C=O) groups is 1. The molecule has 122 valence electrons. The van der Waals surface area contributed by atoms with Gasteiger partial charge in [-0.3, -0.25) is 0 Å². The lowest BCUT2D eigenvalue weighted by molar-refractivity contribution is -0.137. The van der Waals surface area contributed by atoms with Gasteiger partial charge in [0.15, 0.2) is 0 Å². The van der Waals surface area contributed by atoms with Crippen LogP contribution < -0.4 is 0 Å². The normalized spacial score (nSPS) is 12.7. The Balaban J connectivity index is 3.50. The molecular weight excluding hydrogens is 276 g/mol. The number of esters is 1. The van der Waals surface area contributed by atoms with Crippen molar-refractivity contribution in [2.24, 2.45) is 0 Å². The van der Waals surface area contributed by atoms with Gasteiger partial charge in [0.05, 0.1) is 6.61 Å². The molecule has 0 radical (unpaired) electrons. The number of aromatic hydroxyl groups is 1. The molecular formula is C19H28O3. The number of phenolic OH excluding ortho intramolecular Hbond substituents is 1. The topological polar surface area (TPSA) is 46.5 Å². The number of carbonyl (C=O) groups excluding carboxylic acids is 1. The fourth-order valence-electron chi connectivity index (χ4n) is 2.66. The zero-order chi connectivity index (χ0) is 17.1. The summed E-state index contributed by atoms with van der Waals surface area (Å²) in [4.78, 5) is 11.6. The van der Waals surface area contributed by atoms with E-state index in [2.05, 4.69) is 41.5 Å². The molecule has 0 bridgehead atoms. The fraction of sp³-hybridized carbons (Fsp3) is 0.526. The minimum absolute atomic E-state index is 0.157. The molecule has 1 aromatic rings. The van der Waals surface area contributed by atoms with Crippen LogP contribution >= 0.6 is 0 Å². The molecule has 0 amide bonds. The van der Waals surface area contributed by atoms with Crippen molar-refractivity contribution in [3.05, 3.63) is 34.9 Å². The van der Waals surface area contributed by atoms with Crippen LogP contribution in [0.1, 0.15) is 65.2 Å². The smallest absolute Gasteiger partial charge is 0.330 e. The summed E-state index contributed by atoms with van der Waals surface area (Å²) in [6, 6.07) is 3.54. The molecule has 1 N–H and O–H groups in total. The lowest BCUT2D eigenvalue weighted by Gasteiger charge is -2.32. The Morgan fingerprint density at radius 2 is 1.64 bits per heavy atom. The van der Waals surface area contributed by atoms with Gasteiger partial charge in [-0.2, -0.15) is 0 Å². The molecule has 1 rings (SSSR count). The van der Waals surface area contributed by atoms with Gasteiger partial charge >= 0.3 is 5.97 Å². The van der Waals surface area contributed by atoms with Crippen molar-refractivity contribution in [3.63, 3.8) is 0 Å². The van der Waals surface area contributed by atoms with Crippen molar-refractivity contribution in [2.45, 2.75) is 59.3 Å². The minimum Gasteiger partial charge on any atom is -0.508 e. The maximum atomic E-state index is 11.6. The first-order chi connectivity index (χ1) is 9.98. The van der Waals surface area contributed by atoms with Crippen LogP contribution in [0.2, 0.25) is 0 Å². The molecule has 3 nitrogen and oxygen atoms in total. The Labute approximate surface area is 134 Å². The van der Waals surface area contributed by atoms with Gasteiger partial charge in [0.2, 0.25) is 0 Å². The Morgan fingerprint density at radius 1 is 1.09 bits per heavy atom. The van der Waals surface area contributed by atoms with E-state index in [0.717, 1.165) is 16.7 Å². The molecule has 3 heteroatoms. The van der Waals surface area contributed by atoms with Gasteiger partial charge in [-0.15, -0.1) is 0 Å². The van der Waals surface area contributed by atoms with Crippen LogP contribution in [0.5, 0.6) is 5.75 Å². The van der Waals surface area contributed by atoms with E-state index in [-0.39, 0.29) is 16.8 Å². The Morgan fingerprint density at radius 3 is 2.09 bits per heavy atom. The van der Waals surface area contributed by atoms with Crippen LogP contribution in [0, 0.1) is 0 Å². The van der Waals surface area contributed by atoms with Crippen LogP contribution in [0.25, 0.3) is 6.08 Å². The summed E-state index contributed by atoms with van der Waals surface area (Å²) in [6.45, 7) is 14.7. The molecule has 0 saturated carbocycles. The highest BCUT2D eigenvalue weighted by molar-refractivity contribution is 5.87. The van der Waals surface area contributed by atoms with Gasteiger partial charge in [-0.05, 0) is 41.0 Å². The Hall–Kier alpha value is -1.77. The molecule has 0 fully saturated rings. The number of benzene rings is 1. The van der Waals surface area contributed by atoms with Gasteiger partial charge in [-0.25, -0.2) is 4.79 Å². The number of hydrogen-bond donors (Lipinski definition) is 1. The first-order valence-electron chi connectivity index (χ1n) is 7.70. The number of ether oxygens (including phenoxy) is 1. The third-order valence-electron chi connectivity index (χ3n) is 3.40. The van der Waals surface area contributed by atoms with Crippen molar-refractivity contribution < 1.29 is 14.6 Å². The molecule has 0 atom stereocenters. The standard InChI is InChI=1S/C19H28O3/c1-8-22-15(21)12-10-13-9-11-14(20)17(19(5,6)7)16(13)18(2,3)4/h9-12,20H,8H2,1-7H3. The largest absolute Gasteiger partial charge is 0.508 e. The predicted molar refractivity (Wildman–Crippen MR) is 91.2 cm³/mol. The summed E-state index contributed by atoms with van der Waals surface area (Å²) in [5, 5.41) is 10.4. The molecule has 0 aliphatic carbocycles. The molecule has 1 aromatic carbocycles. The monoisotopic (exact) mass is 304 g/mol. The van der Waals surface area contributed by atoms with Gasteiger partial charge in [0.25, 0.3) is 0 Å². The molecule has 0 aliphatic rings. The maximum Gasteiger partial charge on any atom is 0.330 e. The summed E-state index contributed by atoms with van der Waals surface area (Å²) in [7, 11) is 0. The van der Waals surface area contributed by atoms with E-state index in [9.17, 15) is 9.90 Å². The van der Waals surface area contributed by atoms with Crippen molar-refractivity contribution in [2.75, 3.05) is 6.61 Å².